The molecule has 0 amide bonds. The molecule has 3 nitrogen and oxygen atoms in total. The van der Waals surface area contributed by atoms with Crippen molar-refractivity contribution in [1.29, 1.82) is 5.26 Å². The third-order valence-electron chi connectivity index (χ3n) is 2.04. The number of rotatable bonds is 8. The zero-order chi connectivity index (χ0) is 10.8. The van der Waals surface area contributed by atoms with E-state index in [9.17, 15) is 0 Å². The van der Waals surface area contributed by atoms with Crippen LogP contribution in [0.2, 0.25) is 0 Å². The van der Waals surface area contributed by atoms with Crippen LogP contribution >= 0.6 is 0 Å². The van der Waals surface area contributed by atoms with Gasteiger partial charge in [0.2, 0.25) is 0 Å². The van der Waals surface area contributed by atoms with Gasteiger partial charge in [-0.05, 0) is 26.3 Å². The topological polar surface area (TPSA) is 45.0 Å². The van der Waals surface area contributed by atoms with Gasteiger partial charge in [-0.1, -0.05) is 20.3 Å². The second kappa shape index (κ2) is 8.98. The standard InChI is InChI=1S/C11H22N2O/c1-4-6-10(3)14-9-11(8-12)13-7-5-2/h10-11,13H,4-7,9H2,1-3H3. The lowest BCUT2D eigenvalue weighted by Crippen LogP contribution is -2.33. The summed E-state index contributed by atoms with van der Waals surface area (Å²) in [5, 5.41) is 11.9. The van der Waals surface area contributed by atoms with E-state index < -0.39 is 0 Å². The summed E-state index contributed by atoms with van der Waals surface area (Å²) in [7, 11) is 0. The molecule has 0 radical (unpaired) electrons. The molecule has 0 aromatic heterocycles. The van der Waals surface area contributed by atoms with Crippen LogP contribution in [0, 0.1) is 11.3 Å². The fourth-order valence-electron chi connectivity index (χ4n) is 1.21. The molecule has 0 rings (SSSR count). The zero-order valence-corrected chi connectivity index (χ0v) is 9.55. The van der Waals surface area contributed by atoms with Crippen LogP contribution in [-0.4, -0.2) is 25.3 Å². The van der Waals surface area contributed by atoms with E-state index in [-0.39, 0.29) is 12.1 Å². The van der Waals surface area contributed by atoms with Crippen molar-refractivity contribution in [2.24, 2.45) is 0 Å². The molecule has 82 valence electrons. The van der Waals surface area contributed by atoms with Crippen molar-refractivity contribution < 1.29 is 4.74 Å². The van der Waals surface area contributed by atoms with E-state index in [1.807, 2.05) is 0 Å². The Balaban J connectivity index is 3.57. The predicted octanol–water partition coefficient (Wildman–Crippen LogP) is 2.08. The first-order valence-corrected chi connectivity index (χ1v) is 5.49. The molecule has 0 spiro atoms. The maximum Gasteiger partial charge on any atom is 0.119 e. The second-order valence-corrected chi connectivity index (χ2v) is 3.57. The first-order chi connectivity index (χ1) is 6.74. The van der Waals surface area contributed by atoms with Gasteiger partial charge in [-0.15, -0.1) is 0 Å². The van der Waals surface area contributed by atoms with E-state index in [2.05, 4.69) is 32.2 Å². The molecule has 0 aliphatic heterocycles. The van der Waals surface area contributed by atoms with Crippen LogP contribution in [0.1, 0.15) is 40.0 Å². The van der Waals surface area contributed by atoms with Crippen molar-refractivity contribution in [2.75, 3.05) is 13.2 Å². The number of ether oxygens (including phenoxy) is 1. The largest absolute Gasteiger partial charge is 0.376 e. The number of hydrogen-bond donors (Lipinski definition) is 1. The molecule has 0 saturated carbocycles. The number of nitriles is 1. The summed E-state index contributed by atoms with van der Waals surface area (Å²) in [6.45, 7) is 7.65. The number of nitrogens with one attached hydrogen (secondary N) is 1. The first kappa shape index (κ1) is 13.4. The van der Waals surface area contributed by atoms with Gasteiger partial charge in [-0.25, -0.2) is 0 Å². The zero-order valence-electron chi connectivity index (χ0n) is 9.55. The number of nitrogens with zero attached hydrogens (tertiary/aromatic N) is 1. The van der Waals surface area contributed by atoms with Crippen LogP contribution in [0.15, 0.2) is 0 Å². The monoisotopic (exact) mass is 198 g/mol. The molecule has 0 saturated heterocycles. The van der Waals surface area contributed by atoms with Crippen LogP contribution in [0.25, 0.3) is 0 Å². The van der Waals surface area contributed by atoms with Crippen molar-refractivity contribution in [2.45, 2.75) is 52.2 Å². The van der Waals surface area contributed by atoms with E-state index in [1.54, 1.807) is 0 Å². The van der Waals surface area contributed by atoms with Crippen molar-refractivity contribution in [3.05, 3.63) is 0 Å². The molecule has 0 aliphatic carbocycles. The lowest BCUT2D eigenvalue weighted by atomic mass is 10.2. The Labute approximate surface area is 87.4 Å². The van der Waals surface area contributed by atoms with E-state index in [1.165, 1.54) is 0 Å². The molecule has 0 aromatic rings. The summed E-state index contributed by atoms with van der Waals surface area (Å²) in [4.78, 5) is 0. The molecule has 0 aromatic carbocycles. The first-order valence-electron chi connectivity index (χ1n) is 5.49. The molecule has 1 N–H and O–H groups in total. The quantitative estimate of drug-likeness (QED) is 0.649. The van der Waals surface area contributed by atoms with Crippen LogP contribution in [-0.2, 0) is 4.74 Å². The van der Waals surface area contributed by atoms with E-state index >= 15 is 0 Å². The summed E-state index contributed by atoms with van der Waals surface area (Å²) in [5.41, 5.74) is 0. The highest BCUT2D eigenvalue weighted by atomic mass is 16.5. The molecule has 0 heterocycles. The Hall–Kier alpha value is -0.590. The smallest absolute Gasteiger partial charge is 0.119 e. The third-order valence-corrected chi connectivity index (χ3v) is 2.04. The predicted molar refractivity (Wildman–Crippen MR) is 58.0 cm³/mol. The lowest BCUT2D eigenvalue weighted by molar-refractivity contribution is 0.0526. The minimum Gasteiger partial charge on any atom is -0.376 e. The van der Waals surface area contributed by atoms with Gasteiger partial charge < -0.3 is 10.1 Å². The minimum atomic E-state index is -0.158. The highest BCUT2D eigenvalue weighted by Crippen LogP contribution is 2.01. The molecule has 3 heteroatoms. The minimum absolute atomic E-state index is 0.158. The molecular weight excluding hydrogens is 176 g/mol. The van der Waals surface area contributed by atoms with E-state index in [0.29, 0.717) is 6.61 Å². The van der Waals surface area contributed by atoms with Crippen LogP contribution in [0.3, 0.4) is 0 Å². The number of hydrogen-bond acceptors (Lipinski definition) is 3. The van der Waals surface area contributed by atoms with Crippen molar-refractivity contribution in [3.63, 3.8) is 0 Å². The molecule has 14 heavy (non-hydrogen) atoms. The highest BCUT2D eigenvalue weighted by Gasteiger charge is 2.08. The summed E-state index contributed by atoms with van der Waals surface area (Å²) >= 11 is 0. The highest BCUT2D eigenvalue weighted by molar-refractivity contribution is 4.89. The van der Waals surface area contributed by atoms with Gasteiger partial charge in [0, 0.05) is 0 Å². The summed E-state index contributed by atoms with van der Waals surface area (Å²) in [5.74, 6) is 0. The molecule has 2 unspecified atom stereocenters. The normalized spacial score (nSPS) is 14.7. The average Bonchev–Trinajstić information content (AvgIpc) is 2.19. The molecular formula is C11H22N2O. The van der Waals surface area contributed by atoms with Gasteiger partial charge in [0.1, 0.15) is 6.04 Å². The Kier molecular flexibility index (Phi) is 8.61. The Morgan fingerprint density at radius 2 is 2.07 bits per heavy atom. The van der Waals surface area contributed by atoms with Gasteiger partial charge in [0.15, 0.2) is 0 Å². The maximum atomic E-state index is 8.80. The summed E-state index contributed by atoms with van der Waals surface area (Å²) < 4.78 is 5.55. The fraction of sp³-hybridized carbons (Fsp3) is 0.909. The molecule has 0 bridgehead atoms. The maximum absolute atomic E-state index is 8.80. The molecule has 0 fully saturated rings. The van der Waals surface area contributed by atoms with Gasteiger partial charge in [-0.3, -0.25) is 0 Å². The SMILES string of the molecule is CCCNC(C#N)COC(C)CCC. The Morgan fingerprint density at radius 1 is 1.36 bits per heavy atom. The van der Waals surface area contributed by atoms with Crippen LogP contribution in [0.4, 0.5) is 0 Å². The van der Waals surface area contributed by atoms with Gasteiger partial charge in [-0.2, -0.15) is 5.26 Å². The Bertz CT molecular complexity index is 165. The van der Waals surface area contributed by atoms with Gasteiger partial charge >= 0.3 is 0 Å². The molecule has 2 atom stereocenters. The Morgan fingerprint density at radius 3 is 2.57 bits per heavy atom. The van der Waals surface area contributed by atoms with Crippen LogP contribution in [0.5, 0.6) is 0 Å². The van der Waals surface area contributed by atoms with Crippen molar-refractivity contribution in [1.82, 2.24) is 5.32 Å². The molecule has 0 aliphatic rings. The van der Waals surface area contributed by atoms with E-state index in [4.69, 9.17) is 10.00 Å². The van der Waals surface area contributed by atoms with Gasteiger partial charge in [0.05, 0.1) is 18.8 Å². The lowest BCUT2D eigenvalue weighted by Gasteiger charge is -2.15. The third kappa shape index (κ3) is 6.88. The summed E-state index contributed by atoms with van der Waals surface area (Å²) in [6, 6.07) is 2.04. The second-order valence-electron chi connectivity index (χ2n) is 3.57. The van der Waals surface area contributed by atoms with Crippen molar-refractivity contribution >= 4 is 0 Å². The summed E-state index contributed by atoms with van der Waals surface area (Å²) in [6.07, 6.45) is 3.49. The average molecular weight is 198 g/mol. The fourth-order valence-corrected chi connectivity index (χ4v) is 1.21. The van der Waals surface area contributed by atoms with E-state index in [0.717, 1.165) is 25.8 Å². The van der Waals surface area contributed by atoms with Crippen LogP contribution < -0.4 is 5.32 Å². The van der Waals surface area contributed by atoms with Crippen molar-refractivity contribution in [3.8, 4) is 6.07 Å². The van der Waals surface area contributed by atoms with Gasteiger partial charge in [0.25, 0.3) is 0 Å².